The van der Waals surface area contributed by atoms with Gasteiger partial charge < -0.3 is 15.0 Å². The van der Waals surface area contributed by atoms with Gasteiger partial charge in [-0.05, 0) is 29.2 Å². The molecule has 0 unspecified atom stereocenters. The fraction of sp³-hybridized carbons (Fsp3) is 0.412. The quantitative estimate of drug-likeness (QED) is 0.852. The maximum atomic E-state index is 12.0. The minimum absolute atomic E-state index is 0.0168. The maximum Gasteiger partial charge on any atom is 0.310 e. The molecule has 1 aromatic heterocycles. The number of nitrogens with one attached hydrogen (secondary N) is 2. The van der Waals surface area contributed by atoms with Crippen LogP contribution in [0.5, 0.6) is 0 Å². The number of carbonyl (C=O) groups is 2. The van der Waals surface area contributed by atoms with Crippen LogP contribution in [0.25, 0.3) is 10.9 Å². The number of amides is 1. The molecule has 0 saturated carbocycles. The summed E-state index contributed by atoms with van der Waals surface area (Å²) in [5.41, 5.74) is 2.45. The van der Waals surface area contributed by atoms with Gasteiger partial charge in [-0.15, -0.1) is 0 Å². The average molecular weight is 302 g/mol. The van der Waals surface area contributed by atoms with Crippen molar-refractivity contribution >= 4 is 28.5 Å². The Morgan fingerprint density at radius 1 is 1.27 bits per heavy atom. The first-order chi connectivity index (χ1) is 10.3. The lowest BCUT2D eigenvalue weighted by atomic mass is 9.92. The number of rotatable bonds is 4. The fourth-order valence-corrected chi connectivity index (χ4v) is 2.32. The van der Waals surface area contributed by atoms with Gasteiger partial charge in [0.1, 0.15) is 0 Å². The molecule has 5 nitrogen and oxygen atoms in total. The highest BCUT2D eigenvalue weighted by molar-refractivity contribution is 5.95. The summed E-state index contributed by atoms with van der Waals surface area (Å²) in [6.45, 7) is 6.07. The molecule has 0 aliphatic heterocycles. The number of fused-ring (bicyclic) bond motifs is 1. The van der Waals surface area contributed by atoms with Crippen molar-refractivity contribution in [2.24, 2.45) is 5.41 Å². The molecule has 2 aromatic rings. The molecule has 1 amide bonds. The van der Waals surface area contributed by atoms with E-state index in [2.05, 4.69) is 10.3 Å². The van der Waals surface area contributed by atoms with Crippen molar-refractivity contribution in [2.45, 2.75) is 33.6 Å². The van der Waals surface area contributed by atoms with Crippen molar-refractivity contribution < 1.29 is 14.3 Å². The second-order valence-corrected chi connectivity index (χ2v) is 6.61. The summed E-state index contributed by atoms with van der Waals surface area (Å²) in [4.78, 5) is 26.6. The zero-order chi connectivity index (χ0) is 16.3. The van der Waals surface area contributed by atoms with Crippen LogP contribution in [0.3, 0.4) is 0 Å². The number of hydrogen-bond donors (Lipinski definition) is 2. The fourth-order valence-electron chi connectivity index (χ4n) is 2.32. The minimum Gasteiger partial charge on any atom is -0.469 e. The molecule has 118 valence electrons. The highest BCUT2D eigenvalue weighted by Gasteiger charge is 2.16. The van der Waals surface area contributed by atoms with Crippen LogP contribution in [0.4, 0.5) is 5.69 Å². The molecule has 22 heavy (non-hydrogen) atoms. The monoisotopic (exact) mass is 302 g/mol. The Labute approximate surface area is 130 Å². The molecule has 2 N–H and O–H groups in total. The smallest absolute Gasteiger partial charge is 0.310 e. The third-order valence-corrected chi connectivity index (χ3v) is 3.30. The molecule has 1 heterocycles. The summed E-state index contributed by atoms with van der Waals surface area (Å²) in [5, 5.41) is 3.82. The summed E-state index contributed by atoms with van der Waals surface area (Å²) < 4.78 is 4.70. The van der Waals surface area contributed by atoms with E-state index in [1.165, 1.54) is 7.11 Å². The average Bonchev–Trinajstić information content (AvgIpc) is 2.79. The molecule has 0 saturated heterocycles. The summed E-state index contributed by atoms with van der Waals surface area (Å²) in [6, 6.07) is 5.62. The zero-order valence-corrected chi connectivity index (χ0v) is 13.4. The zero-order valence-electron chi connectivity index (χ0n) is 13.4. The number of anilines is 1. The highest BCUT2D eigenvalue weighted by Crippen LogP contribution is 2.24. The van der Waals surface area contributed by atoms with Crippen molar-refractivity contribution in [2.75, 3.05) is 12.4 Å². The third kappa shape index (κ3) is 4.10. The van der Waals surface area contributed by atoms with Crippen LogP contribution >= 0.6 is 0 Å². The second-order valence-electron chi connectivity index (χ2n) is 6.61. The van der Waals surface area contributed by atoms with E-state index in [-0.39, 0.29) is 23.7 Å². The molecule has 5 heteroatoms. The van der Waals surface area contributed by atoms with Crippen LogP contribution in [-0.2, 0) is 20.7 Å². The van der Waals surface area contributed by atoms with Gasteiger partial charge in [0.15, 0.2) is 0 Å². The Kier molecular flexibility index (Phi) is 4.54. The summed E-state index contributed by atoms with van der Waals surface area (Å²) in [5.74, 6) is -0.306. The number of aromatic nitrogens is 1. The van der Waals surface area contributed by atoms with E-state index in [4.69, 9.17) is 4.74 Å². The number of ether oxygens (including phenoxy) is 1. The van der Waals surface area contributed by atoms with Crippen LogP contribution in [0.1, 0.15) is 32.8 Å². The highest BCUT2D eigenvalue weighted by atomic mass is 16.5. The number of methoxy groups -OCH3 is 1. The minimum atomic E-state index is -0.289. The number of carbonyl (C=O) groups excluding carboxylic acids is 2. The van der Waals surface area contributed by atoms with Crippen molar-refractivity contribution in [3.05, 3.63) is 30.0 Å². The lowest BCUT2D eigenvalue weighted by molar-refractivity contribution is -0.139. The van der Waals surface area contributed by atoms with Crippen molar-refractivity contribution in [3.8, 4) is 0 Å². The van der Waals surface area contributed by atoms with Crippen molar-refractivity contribution in [1.29, 1.82) is 0 Å². The van der Waals surface area contributed by atoms with Gasteiger partial charge in [0.2, 0.25) is 5.91 Å². The van der Waals surface area contributed by atoms with Crippen molar-refractivity contribution in [1.82, 2.24) is 4.98 Å². The van der Waals surface area contributed by atoms with Gasteiger partial charge in [0, 0.05) is 29.2 Å². The Bertz CT molecular complexity index is 695. The van der Waals surface area contributed by atoms with Crippen molar-refractivity contribution in [3.63, 3.8) is 0 Å². The SMILES string of the molecule is COC(=O)Cc1c[nH]c2ccc(NC(=O)CC(C)(C)C)cc12. The van der Waals surface area contributed by atoms with Gasteiger partial charge in [-0.3, -0.25) is 9.59 Å². The predicted octanol–water partition coefficient (Wildman–Crippen LogP) is 3.26. The van der Waals surface area contributed by atoms with Gasteiger partial charge in [-0.1, -0.05) is 20.8 Å². The second kappa shape index (κ2) is 6.22. The summed E-state index contributed by atoms with van der Waals surface area (Å²) in [7, 11) is 1.37. The molecule has 0 fully saturated rings. The molecule has 0 spiro atoms. The van der Waals surface area contributed by atoms with E-state index in [0.717, 1.165) is 22.2 Å². The lowest BCUT2D eigenvalue weighted by Crippen LogP contribution is -2.19. The molecule has 0 bridgehead atoms. The first-order valence-corrected chi connectivity index (χ1v) is 7.25. The van der Waals surface area contributed by atoms with Crippen LogP contribution in [0.2, 0.25) is 0 Å². The van der Waals surface area contributed by atoms with Crippen LogP contribution in [0.15, 0.2) is 24.4 Å². The van der Waals surface area contributed by atoms with E-state index in [1.54, 1.807) is 6.20 Å². The first kappa shape index (κ1) is 16.1. The van der Waals surface area contributed by atoms with E-state index in [9.17, 15) is 9.59 Å². The Balaban J connectivity index is 2.20. The number of benzene rings is 1. The number of esters is 1. The van der Waals surface area contributed by atoms with E-state index in [1.807, 2.05) is 39.0 Å². The number of aromatic amines is 1. The molecule has 1 aromatic carbocycles. The normalized spacial score (nSPS) is 11.5. The number of hydrogen-bond acceptors (Lipinski definition) is 3. The largest absolute Gasteiger partial charge is 0.469 e. The lowest BCUT2D eigenvalue weighted by Gasteiger charge is -2.17. The third-order valence-electron chi connectivity index (χ3n) is 3.30. The topological polar surface area (TPSA) is 71.2 Å². The molecule has 0 radical (unpaired) electrons. The van der Waals surface area contributed by atoms with E-state index < -0.39 is 0 Å². The summed E-state index contributed by atoms with van der Waals surface area (Å²) >= 11 is 0. The predicted molar refractivity (Wildman–Crippen MR) is 86.7 cm³/mol. The van der Waals surface area contributed by atoms with E-state index in [0.29, 0.717) is 6.42 Å². The van der Waals surface area contributed by atoms with Crippen LogP contribution < -0.4 is 5.32 Å². The molecular weight excluding hydrogens is 280 g/mol. The Morgan fingerprint density at radius 2 is 2.00 bits per heavy atom. The Morgan fingerprint density at radius 3 is 2.64 bits per heavy atom. The molecule has 0 aliphatic carbocycles. The van der Waals surface area contributed by atoms with Gasteiger partial charge >= 0.3 is 5.97 Å². The van der Waals surface area contributed by atoms with Gasteiger partial charge in [-0.25, -0.2) is 0 Å². The standard InChI is InChI=1S/C17H22N2O3/c1-17(2,3)9-15(20)19-12-5-6-14-13(8-12)11(10-18-14)7-16(21)22-4/h5-6,8,10,18H,7,9H2,1-4H3,(H,19,20). The van der Waals surface area contributed by atoms with Gasteiger partial charge in [-0.2, -0.15) is 0 Å². The van der Waals surface area contributed by atoms with Crippen LogP contribution in [0, 0.1) is 5.41 Å². The Hall–Kier alpha value is -2.30. The molecule has 0 aliphatic rings. The van der Waals surface area contributed by atoms with Gasteiger partial charge in [0.25, 0.3) is 0 Å². The molecular formula is C17H22N2O3. The van der Waals surface area contributed by atoms with E-state index >= 15 is 0 Å². The first-order valence-electron chi connectivity index (χ1n) is 7.25. The maximum absolute atomic E-state index is 12.0. The number of H-pyrrole nitrogens is 1. The summed E-state index contributed by atoms with van der Waals surface area (Å²) in [6.07, 6.45) is 2.45. The van der Waals surface area contributed by atoms with Crippen LogP contribution in [-0.4, -0.2) is 24.0 Å². The molecule has 0 atom stereocenters. The van der Waals surface area contributed by atoms with Gasteiger partial charge in [0.05, 0.1) is 13.5 Å². The molecule has 2 rings (SSSR count).